The summed E-state index contributed by atoms with van der Waals surface area (Å²) in [5.74, 6) is 2.28. The number of ether oxygens (including phenoxy) is 4. The molecule has 0 saturated heterocycles. The first kappa shape index (κ1) is 66.3. The van der Waals surface area contributed by atoms with Crippen molar-refractivity contribution in [3.63, 3.8) is 0 Å². The maximum atomic E-state index is 14.1. The molecule has 0 fully saturated rings. The number of carbonyl (C=O) groups is 3. The van der Waals surface area contributed by atoms with E-state index in [-0.39, 0.29) is 36.1 Å². The Hall–Kier alpha value is -9.59. The van der Waals surface area contributed by atoms with Crippen molar-refractivity contribution in [1.82, 2.24) is 39.6 Å². The summed E-state index contributed by atoms with van der Waals surface area (Å²) in [6.07, 6.45) is 13.2. The van der Waals surface area contributed by atoms with Crippen LogP contribution in [0.3, 0.4) is 0 Å². The Kier molecular flexibility index (Phi) is 21.6. The predicted octanol–water partition coefficient (Wildman–Crippen LogP) is 13.3. The molecule has 3 amide bonds. The van der Waals surface area contributed by atoms with Gasteiger partial charge in [-0.2, -0.15) is 4.39 Å². The van der Waals surface area contributed by atoms with Crippen LogP contribution in [0, 0.1) is 31.0 Å². The lowest BCUT2D eigenvalue weighted by Gasteiger charge is -2.17. The van der Waals surface area contributed by atoms with Crippen LogP contribution in [0.4, 0.5) is 8.78 Å². The van der Waals surface area contributed by atoms with E-state index in [0.717, 1.165) is 102 Å². The Balaban J connectivity index is 0.000000153. The molecule has 0 bridgehead atoms. The summed E-state index contributed by atoms with van der Waals surface area (Å²) in [6.45, 7) is 6.55. The van der Waals surface area contributed by atoms with E-state index in [1.165, 1.54) is 41.6 Å². The number of benzene rings is 6. The van der Waals surface area contributed by atoms with E-state index in [9.17, 15) is 23.2 Å². The van der Waals surface area contributed by atoms with Gasteiger partial charge in [0.2, 0.25) is 11.6 Å². The Labute approximate surface area is 549 Å². The average Bonchev–Trinajstić information content (AvgIpc) is 1.91. The van der Waals surface area contributed by atoms with Crippen molar-refractivity contribution in [3.05, 3.63) is 228 Å². The number of nitrogens with zero attached hydrogens (tertiary/aromatic N) is 6. The van der Waals surface area contributed by atoms with Gasteiger partial charge in [-0.05, 0) is 189 Å². The number of hydrogen-bond donors (Lipinski definition) is 4. The summed E-state index contributed by atoms with van der Waals surface area (Å²) in [7, 11) is 8.15. The molecule has 0 radical (unpaired) electrons. The zero-order chi connectivity index (χ0) is 65.9. The summed E-state index contributed by atoms with van der Waals surface area (Å²) >= 11 is 12.0. The Morgan fingerprint density at radius 1 is 0.667 bits per heavy atom. The number of aromatic nitrogens is 5. The molecule has 5 heterocycles. The van der Waals surface area contributed by atoms with Crippen LogP contribution >= 0.6 is 23.2 Å². The monoisotopic (exact) mass is 1300 g/mol. The molecule has 1 aliphatic carbocycles. The fourth-order valence-electron chi connectivity index (χ4n) is 11.7. The van der Waals surface area contributed by atoms with Gasteiger partial charge >= 0.3 is 0 Å². The summed E-state index contributed by atoms with van der Waals surface area (Å²) in [6, 6.07) is 33.6. The molecular formula is C72H74Cl2F2N10O7. The van der Waals surface area contributed by atoms with Gasteiger partial charge in [-0.25, -0.2) is 14.4 Å². The molecule has 0 saturated carbocycles. The van der Waals surface area contributed by atoms with Crippen LogP contribution in [-0.4, -0.2) is 82.1 Å². The minimum atomic E-state index is -0.560. The van der Waals surface area contributed by atoms with E-state index in [1.54, 1.807) is 118 Å². The molecule has 0 spiro atoms. The molecule has 2 aliphatic heterocycles. The van der Waals surface area contributed by atoms with Crippen LogP contribution in [-0.2, 0) is 52.5 Å². The molecule has 482 valence electrons. The third-order valence-corrected chi connectivity index (χ3v) is 17.5. The predicted molar refractivity (Wildman–Crippen MR) is 356 cm³/mol. The molecule has 4 N–H and O–H groups in total. The van der Waals surface area contributed by atoms with Gasteiger partial charge in [-0.1, -0.05) is 41.4 Å². The van der Waals surface area contributed by atoms with Gasteiger partial charge in [-0.3, -0.25) is 24.8 Å². The Bertz CT molecular complexity index is 4280. The number of methoxy groups -OCH3 is 4. The number of aliphatic imine (C=N–C) groups is 1. The van der Waals surface area contributed by atoms with Crippen LogP contribution in [0.1, 0.15) is 120 Å². The van der Waals surface area contributed by atoms with Crippen molar-refractivity contribution in [2.75, 3.05) is 35.0 Å². The SMILES string of the molecule is COc1cc(C(=O)N[C@@H]2CCc3ccc(-c4cn5c(n4)CCC5)cc32)cc(OC)c1C.COc1cc(CNC(=O)c2ccc(F)c(CCC3=NCCC3)c2)cc(OC)c1.Cc1nc(F)ccc1-c1cc(Cn2ccn(C)c2=N)cc(C(=O)NCc2ccc(Cl)c(Cl)c2)c1. The zero-order valence-corrected chi connectivity index (χ0v) is 54.5. The van der Waals surface area contributed by atoms with Gasteiger partial charge in [-0.15, -0.1) is 0 Å². The first-order valence-corrected chi connectivity index (χ1v) is 31.4. The van der Waals surface area contributed by atoms with E-state index in [0.29, 0.717) is 86.1 Å². The third kappa shape index (κ3) is 16.4. The number of pyridine rings is 1. The van der Waals surface area contributed by atoms with Gasteiger partial charge in [0.1, 0.15) is 34.6 Å². The first-order valence-electron chi connectivity index (χ1n) is 30.7. The van der Waals surface area contributed by atoms with Gasteiger partial charge in [0.25, 0.3) is 17.7 Å². The van der Waals surface area contributed by atoms with E-state index >= 15 is 0 Å². The molecular weight excluding hydrogens is 1230 g/mol. The van der Waals surface area contributed by atoms with Crippen molar-refractivity contribution in [1.29, 1.82) is 5.41 Å². The molecule has 93 heavy (non-hydrogen) atoms. The van der Waals surface area contributed by atoms with Gasteiger partial charge < -0.3 is 48.6 Å². The van der Waals surface area contributed by atoms with Crippen molar-refractivity contribution in [2.24, 2.45) is 12.0 Å². The number of nitrogens with one attached hydrogen (secondary N) is 4. The molecule has 6 aromatic carbocycles. The van der Waals surface area contributed by atoms with Gasteiger partial charge in [0.05, 0.1) is 56.8 Å². The first-order chi connectivity index (χ1) is 44.9. The molecule has 17 nitrogen and oxygen atoms in total. The Morgan fingerprint density at radius 2 is 1.40 bits per heavy atom. The number of imidazole rings is 2. The number of aryl methyl sites for hydroxylation is 6. The highest BCUT2D eigenvalue weighted by molar-refractivity contribution is 6.42. The van der Waals surface area contributed by atoms with Crippen LogP contribution in [0.15, 0.2) is 139 Å². The lowest BCUT2D eigenvalue weighted by atomic mass is 9.98. The maximum Gasteiger partial charge on any atom is 0.252 e. The maximum absolute atomic E-state index is 14.1. The molecule has 9 aromatic rings. The van der Waals surface area contributed by atoms with E-state index in [2.05, 4.69) is 54.9 Å². The lowest BCUT2D eigenvalue weighted by Crippen LogP contribution is -2.27. The Morgan fingerprint density at radius 3 is 2.06 bits per heavy atom. The smallest absolute Gasteiger partial charge is 0.252 e. The normalized spacial score (nSPS) is 13.5. The fraction of sp³-hybridized carbons (Fsp3) is 0.292. The van der Waals surface area contributed by atoms with E-state index in [1.807, 2.05) is 31.3 Å². The summed E-state index contributed by atoms with van der Waals surface area (Å²) in [5, 5.41) is 18.1. The summed E-state index contributed by atoms with van der Waals surface area (Å²) < 4.78 is 54.8. The number of fused-ring (bicyclic) bond motifs is 2. The van der Waals surface area contributed by atoms with Crippen molar-refractivity contribution in [3.8, 4) is 45.4 Å². The zero-order valence-electron chi connectivity index (χ0n) is 53.0. The minimum Gasteiger partial charge on any atom is -0.497 e. The lowest BCUT2D eigenvalue weighted by molar-refractivity contribution is 0.0931. The third-order valence-electron chi connectivity index (χ3n) is 16.8. The van der Waals surface area contributed by atoms with Crippen LogP contribution in [0.2, 0.25) is 10.0 Å². The van der Waals surface area contributed by atoms with Crippen LogP contribution < -0.4 is 40.5 Å². The number of rotatable bonds is 19. The number of halogens is 4. The highest BCUT2D eigenvalue weighted by Gasteiger charge is 2.27. The molecule has 0 unspecified atom stereocenters. The second-order valence-corrected chi connectivity index (χ2v) is 23.9. The number of carbonyl (C=O) groups excluding carboxylic acids is 3. The van der Waals surface area contributed by atoms with Crippen molar-refractivity contribution < 1.29 is 42.1 Å². The fourth-order valence-corrected chi connectivity index (χ4v) is 12.0. The van der Waals surface area contributed by atoms with Crippen molar-refractivity contribution in [2.45, 2.75) is 97.4 Å². The van der Waals surface area contributed by atoms with Gasteiger partial charge in [0, 0.05) is 109 Å². The van der Waals surface area contributed by atoms with Crippen molar-refractivity contribution >= 4 is 46.6 Å². The highest BCUT2D eigenvalue weighted by Crippen LogP contribution is 2.37. The standard InChI is InChI=1S/C25H22Cl2FN5O.C25H27N3O3.C22H25FN2O3/c1-15-20(4-6-23(28)31-15)18-9-17(14-33-8-7-32(2)25(33)29)10-19(12-18)24(34)30-13-16-3-5-21(26)22(27)11-16;1-15-22(30-2)12-18(13-23(15)31-3)25(29)27-20-9-8-16-6-7-17(11-19(16)20)21-14-28-10-4-5-24(28)26-21;1-27-19-10-15(11-20(13-19)28-2)14-25-22(26)17-6-8-21(23)16(12-17)5-7-18-4-3-9-24-18/h3-12,29H,13-14H2,1-2H3,(H,30,34);6-7,11-14,20H,4-5,8-10H2,1-3H3,(H,27,29);6,8,10-13H,3-5,7,9,14H2,1-2H3,(H,25,26)/t;20-;/m.1./s1. The van der Waals surface area contributed by atoms with Gasteiger partial charge in [0.15, 0.2) is 0 Å². The highest BCUT2D eigenvalue weighted by atomic mass is 35.5. The number of amides is 3. The topological polar surface area (TPSA) is 201 Å². The largest absolute Gasteiger partial charge is 0.497 e. The molecule has 12 rings (SSSR count). The second kappa shape index (κ2) is 30.2. The summed E-state index contributed by atoms with van der Waals surface area (Å²) in [5.41, 5.74) is 13.4. The summed E-state index contributed by atoms with van der Waals surface area (Å²) in [4.78, 5) is 51.8. The number of hydrogen-bond acceptors (Lipinski definition) is 11. The average molecular weight is 1300 g/mol. The van der Waals surface area contributed by atoms with E-state index < -0.39 is 5.95 Å². The van der Waals surface area contributed by atoms with Crippen LogP contribution in [0.5, 0.6) is 23.0 Å². The van der Waals surface area contributed by atoms with Crippen LogP contribution in [0.25, 0.3) is 22.4 Å². The second-order valence-electron chi connectivity index (χ2n) is 23.1. The minimum absolute atomic E-state index is 0.0183. The molecule has 3 aromatic heterocycles. The van der Waals surface area contributed by atoms with E-state index in [4.69, 9.17) is 52.5 Å². The molecule has 1 atom stereocenters. The molecule has 21 heteroatoms. The quantitative estimate of drug-likeness (QED) is 0.0569. The molecule has 3 aliphatic rings.